The van der Waals surface area contributed by atoms with E-state index in [0.717, 1.165) is 40.4 Å². The van der Waals surface area contributed by atoms with Gasteiger partial charge >= 0.3 is 6.18 Å². The predicted molar refractivity (Wildman–Crippen MR) is 127 cm³/mol. The van der Waals surface area contributed by atoms with Crippen LogP contribution < -0.4 is 5.32 Å². The van der Waals surface area contributed by atoms with Gasteiger partial charge in [0.25, 0.3) is 11.8 Å². The molecule has 0 spiro atoms. The van der Waals surface area contributed by atoms with Crippen molar-refractivity contribution in [2.24, 2.45) is 0 Å². The second-order valence-corrected chi connectivity index (χ2v) is 9.30. The molecule has 35 heavy (non-hydrogen) atoms. The molecule has 1 atom stereocenters. The summed E-state index contributed by atoms with van der Waals surface area (Å²) in [6, 6.07) is 11.8. The predicted octanol–water partition coefficient (Wildman–Crippen LogP) is 3.67. The van der Waals surface area contributed by atoms with Crippen molar-refractivity contribution in [2.45, 2.75) is 18.6 Å². The monoisotopic (exact) mass is 519 g/mol. The maximum Gasteiger partial charge on any atom is 0.416 e. The summed E-state index contributed by atoms with van der Waals surface area (Å²) in [6.45, 7) is -0.709. The zero-order chi connectivity index (χ0) is 25.3. The lowest BCUT2D eigenvalue weighted by Gasteiger charge is -2.21. The number of likely N-dealkylation sites (tertiary alicyclic amines) is 1. The second kappa shape index (κ2) is 9.62. The van der Waals surface area contributed by atoms with E-state index in [4.69, 9.17) is 12.2 Å². The normalized spacial score (nSPS) is 19.7. The maximum atomic E-state index is 12.9. The highest BCUT2D eigenvalue weighted by atomic mass is 32.2. The molecule has 2 aromatic rings. The number of benzene rings is 2. The highest BCUT2D eigenvalue weighted by Crippen LogP contribution is 2.36. The van der Waals surface area contributed by atoms with Crippen molar-refractivity contribution >= 4 is 63.7 Å². The molecule has 2 aliphatic rings. The van der Waals surface area contributed by atoms with Crippen LogP contribution in [-0.2, 0) is 25.4 Å². The summed E-state index contributed by atoms with van der Waals surface area (Å²) in [7, 11) is 0. The smallest absolute Gasteiger partial charge is 0.325 e. The number of anilines is 1. The number of imide groups is 1. The van der Waals surface area contributed by atoms with Crippen LogP contribution in [0.25, 0.3) is 6.08 Å². The first-order valence-electron chi connectivity index (χ1n) is 10.2. The molecule has 2 heterocycles. The number of carbonyl (C=O) groups is 4. The van der Waals surface area contributed by atoms with E-state index in [1.165, 1.54) is 6.07 Å². The number of alkyl halides is 3. The van der Waals surface area contributed by atoms with Gasteiger partial charge in [0.1, 0.15) is 16.9 Å². The van der Waals surface area contributed by atoms with Crippen LogP contribution in [-0.4, -0.2) is 50.3 Å². The van der Waals surface area contributed by atoms with Crippen molar-refractivity contribution in [1.29, 1.82) is 0 Å². The molecule has 180 valence electrons. The third kappa shape index (κ3) is 5.28. The van der Waals surface area contributed by atoms with Crippen LogP contribution in [0.2, 0.25) is 0 Å². The maximum absolute atomic E-state index is 12.9. The third-order valence-electron chi connectivity index (χ3n) is 5.23. The quantitative estimate of drug-likeness (QED) is 0.369. The number of thiocarbonyl (C=S) groups is 1. The van der Waals surface area contributed by atoms with Crippen molar-refractivity contribution < 1.29 is 32.3 Å². The van der Waals surface area contributed by atoms with Gasteiger partial charge < -0.3 is 5.32 Å². The molecule has 1 N–H and O–H groups in total. The lowest BCUT2D eigenvalue weighted by Crippen LogP contribution is -2.45. The summed E-state index contributed by atoms with van der Waals surface area (Å²) in [6.07, 6.45) is -3.33. The van der Waals surface area contributed by atoms with Gasteiger partial charge in [0.2, 0.25) is 11.8 Å². The number of rotatable bonds is 5. The number of amides is 4. The first-order chi connectivity index (χ1) is 16.5. The molecule has 12 heteroatoms. The molecule has 0 aromatic heterocycles. The van der Waals surface area contributed by atoms with Gasteiger partial charge in [-0.1, -0.05) is 60.4 Å². The molecule has 0 bridgehead atoms. The fraction of sp³-hybridized carbons (Fsp3) is 0.174. The van der Waals surface area contributed by atoms with E-state index in [2.05, 4.69) is 5.32 Å². The van der Waals surface area contributed by atoms with Crippen LogP contribution in [0.1, 0.15) is 17.5 Å². The zero-order valence-corrected chi connectivity index (χ0v) is 19.4. The summed E-state index contributed by atoms with van der Waals surface area (Å²) >= 11 is 6.27. The minimum atomic E-state index is -4.60. The highest BCUT2D eigenvalue weighted by molar-refractivity contribution is 8.26. The number of hydrogen-bond donors (Lipinski definition) is 1. The number of thioether (sulfide) groups is 1. The average Bonchev–Trinajstić information content (AvgIpc) is 3.22. The fourth-order valence-electron chi connectivity index (χ4n) is 3.60. The molecule has 2 saturated heterocycles. The van der Waals surface area contributed by atoms with Crippen LogP contribution in [0.3, 0.4) is 0 Å². The van der Waals surface area contributed by atoms with Crippen LogP contribution in [0.5, 0.6) is 0 Å². The van der Waals surface area contributed by atoms with Gasteiger partial charge in [0, 0.05) is 5.69 Å². The number of nitrogens with one attached hydrogen (secondary N) is 1. The molecule has 0 saturated carbocycles. The van der Waals surface area contributed by atoms with Crippen molar-refractivity contribution in [3.63, 3.8) is 0 Å². The summed E-state index contributed by atoms with van der Waals surface area (Å²) in [5.74, 6) is -2.86. The minimum Gasteiger partial charge on any atom is -0.325 e. The first-order valence-corrected chi connectivity index (χ1v) is 11.4. The van der Waals surface area contributed by atoms with E-state index in [9.17, 15) is 32.3 Å². The van der Waals surface area contributed by atoms with E-state index >= 15 is 0 Å². The van der Waals surface area contributed by atoms with E-state index in [1.807, 2.05) is 6.07 Å². The van der Waals surface area contributed by atoms with Gasteiger partial charge in [-0.3, -0.25) is 29.0 Å². The first kappa shape index (κ1) is 24.6. The Balaban J connectivity index is 1.45. The standard InChI is InChI=1S/C23H16F3N3O4S2/c24-23(25,26)14-7-4-8-15(10-14)27-18(30)12-28-19(31)11-16(20(28)32)29-21(33)17(35-22(29)34)9-13-5-2-1-3-6-13/h1-10,16H,11-12H2,(H,27,30)/b17-9-/t16-/m1/s1. The number of hydrogen-bond acceptors (Lipinski definition) is 6. The molecule has 4 rings (SSSR count). The van der Waals surface area contributed by atoms with Gasteiger partial charge in [-0.15, -0.1) is 0 Å². The molecular formula is C23H16F3N3O4S2. The molecule has 0 aliphatic carbocycles. The zero-order valence-electron chi connectivity index (χ0n) is 17.7. The molecule has 0 unspecified atom stereocenters. The molecule has 7 nitrogen and oxygen atoms in total. The Hall–Kier alpha value is -3.51. The van der Waals surface area contributed by atoms with Gasteiger partial charge in [0.05, 0.1) is 16.9 Å². The van der Waals surface area contributed by atoms with Crippen LogP contribution in [0.4, 0.5) is 18.9 Å². The Morgan fingerprint density at radius 2 is 1.83 bits per heavy atom. The van der Waals surface area contributed by atoms with Gasteiger partial charge in [-0.2, -0.15) is 13.2 Å². The van der Waals surface area contributed by atoms with Crippen molar-refractivity contribution in [2.75, 3.05) is 11.9 Å². The topological polar surface area (TPSA) is 86.8 Å². The Bertz CT molecular complexity index is 1260. The summed E-state index contributed by atoms with van der Waals surface area (Å²) in [4.78, 5) is 52.8. The lowest BCUT2D eigenvalue weighted by atomic mass is 10.2. The Morgan fingerprint density at radius 3 is 2.51 bits per heavy atom. The Labute approximate surface area is 206 Å². The molecule has 2 aliphatic heterocycles. The average molecular weight is 520 g/mol. The summed E-state index contributed by atoms with van der Waals surface area (Å²) < 4.78 is 38.8. The SMILES string of the molecule is O=C(CN1C(=O)C[C@@H](N2C(=O)/C(=C/c3ccccc3)SC2=S)C1=O)Nc1cccc(C(F)(F)F)c1. The molecule has 0 radical (unpaired) electrons. The van der Waals surface area contributed by atoms with Crippen LogP contribution >= 0.6 is 24.0 Å². The lowest BCUT2D eigenvalue weighted by molar-refractivity contribution is -0.143. The summed E-state index contributed by atoms with van der Waals surface area (Å²) in [5.41, 5.74) is -0.334. The highest BCUT2D eigenvalue weighted by Gasteiger charge is 2.48. The van der Waals surface area contributed by atoms with Gasteiger partial charge in [-0.25, -0.2) is 0 Å². The number of carbonyl (C=O) groups excluding carboxylic acids is 4. The number of nitrogens with zero attached hydrogens (tertiary/aromatic N) is 2. The third-order valence-corrected chi connectivity index (χ3v) is 6.56. The molecule has 2 fully saturated rings. The van der Waals surface area contributed by atoms with E-state index in [1.54, 1.807) is 30.3 Å². The summed E-state index contributed by atoms with van der Waals surface area (Å²) in [5, 5.41) is 2.25. The van der Waals surface area contributed by atoms with E-state index in [-0.39, 0.29) is 16.4 Å². The molecule has 2 aromatic carbocycles. The van der Waals surface area contributed by atoms with Crippen molar-refractivity contribution in [3.8, 4) is 0 Å². The van der Waals surface area contributed by atoms with Crippen LogP contribution in [0, 0.1) is 0 Å². The fourth-order valence-corrected chi connectivity index (χ4v) is 4.96. The largest absolute Gasteiger partial charge is 0.416 e. The Morgan fingerprint density at radius 1 is 1.11 bits per heavy atom. The number of halogens is 3. The minimum absolute atomic E-state index is 0.110. The van der Waals surface area contributed by atoms with E-state index in [0.29, 0.717) is 9.81 Å². The van der Waals surface area contributed by atoms with Crippen molar-refractivity contribution in [1.82, 2.24) is 9.80 Å². The van der Waals surface area contributed by atoms with Gasteiger partial charge in [0.15, 0.2) is 0 Å². The Kier molecular flexibility index (Phi) is 6.77. The molecule has 4 amide bonds. The van der Waals surface area contributed by atoms with E-state index < -0.39 is 48.0 Å². The van der Waals surface area contributed by atoms with Crippen LogP contribution in [0.15, 0.2) is 59.5 Å². The van der Waals surface area contributed by atoms with Crippen molar-refractivity contribution in [3.05, 3.63) is 70.6 Å². The van der Waals surface area contributed by atoms with Gasteiger partial charge in [-0.05, 0) is 29.8 Å². The molecular weight excluding hydrogens is 503 g/mol. The second-order valence-electron chi connectivity index (χ2n) is 7.63.